The summed E-state index contributed by atoms with van der Waals surface area (Å²) in [7, 11) is 0. The molecule has 3 rings (SSSR count). The summed E-state index contributed by atoms with van der Waals surface area (Å²) in [6.45, 7) is 11.3. The molecule has 2 heterocycles. The van der Waals surface area contributed by atoms with Crippen molar-refractivity contribution in [1.82, 2.24) is 15.2 Å². The first-order chi connectivity index (χ1) is 15.9. The van der Waals surface area contributed by atoms with Crippen LogP contribution in [0.2, 0.25) is 0 Å². The first kappa shape index (κ1) is 25.3. The van der Waals surface area contributed by atoms with Gasteiger partial charge in [0.25, 0.3) is 5.91 Å². The number of nitrogens with zero attached hydrogens (tertiary/aromatic N) is 2. The summed E-state index contributed by atoms with van der Waals surface area (Å²) in [4.78, 5) is 18.6. The maximum absolute atomic E-state index is 12.9. The van der Waals surface area contributed by atoms with Crippen LogP contribution in [-0.4, -0.2) is 69.3 Å². The number of amides is 1. The fourth-order valence-electron chi connectivity index (χ4n) is 4.30. The first-order valence-corrected chi connectivity index (χ1v) is 12.9. The van der Waals surface area contributed by atoms with Crippen molar-refractivity contribution in [2.45, 2.75) is 52.5 Å². The summed E-state index contributed by atoms with van der Waals surface area (Å²) in [6.07, 6.45) is 5.81. The zero-order chi connectivity index (χ0) is 23.8. The number of benzene rings is 1. The third-order valence-corrected chi connectivity index (χ3v) is 7.06. The van der Waals surface area contributed by atoms with Gasteiger partial charge in [0.2, 0.25) is 0 Å². The molecule has 8 heteroatoms. The van der Waals surface area contributed by atoms with E-state index >= 15 is 0 Å². The number of carbonyl (C=O) groups is 1. The lowest BCUT2D eigenvalue weighted by atomic mass is 9.97. The molecule has 1 aromatic heterocycles. The van der Waals surface area contributed by atoms with E-state index in [1.54, 1.807) is 0 Å². The van der Waals surface area contributed by atoms with Crippen molar-refractivity contribution in [2.75, 3.05) is 32.7 Å². The van der Waals surface area contributed by atoms with E-state index in [-0.39, 0.29) is 17.0 Å². The van der Waals surface area contributed by atoms with Gasteiger partial charge in [-0.3, -0.25) is 25.4 Å². The molecule has 180 valence electrons. The highest BCUT2D eigenvalue weighted by molar-refractivity contribution is 8.27. The van der Waals surface area contributed by atoms with Crippen molar-refractivity contribution in [3.8, 4) is 0 Å². The number of nitrogens with one attached hydrogen (secondary N) is 3. The molecule has 0 radical (unpaired) electrons. The predicted octanol–water partition coefficient (Wildman–Crippen LogP) is 3.39. The molecule has 1 aromatic carbocycles. The van der Waals surface area contributed by atoms with Crippen LogP contribution in [0.5, 0.6) is 0 Å². The summed E-state index contributed by atoms with van der Waals surface area (Å²) in [5, 5.41) is 13.1. The van der Waals surface area contributed by atoms with Crippen molar-refractivity contribution in [3.63, 3.8) is 0 Å². The minimum absolute atomic E-state index is 0.0288. The first-order valence-electron chi connectivity index (χ1n) is 12.1. The molecule has 7 nitrogen and oxygen atoms in total. The van der Waals surface area contributed by atoms with E-state index in [0.29, 0.717) is 11.1 Å². The summed E-state index contributed by atoms with van der Waals surface area (Å²) in [5.74, 6) is 0.206. The zero-order valence-corrected chi connectivity index (χ0v) is 21.0. The van der Waals surface area contributed by atoms with E-state index in [9.17, 15) is 4.79 Å². The maximum atomic E-state index is 12.9. The highest BCUT2D eigenvalue weighted by Crippen LogP contribution is 2.21. The molecule has 1 unspecified atom stereocenters. The van der Waals surface area contributed by atoms with E-state index in [4.69, 9.17) is 11.1 Å². The second-order valence-corrected chi connectivity index (χ2v) is 10.3. The van der Waals surface area contributed by atoms with Crippen LogP contribution < -0.4 is 11.1 Å². The molecule has 0 spiro atoms. The summed E-state index contributed by atoms with van der Waals surface area (Å²) < 4.78 is 2.08. The molecule has 1 aliphatic heterocycles. The van der Waals surface area contributed by atoms with Crippen molar-refractivity contribution in [1.29, 1.82) is 5.41 Å². The van der Waals surface area contributed by atoms with Crippen LogP contribution >= 0.6 is 11.8 Å². The van der Waals surface area contributed by atoms with Gasteiger partial charge in [0.15, 0.2) is 5.04 Å². The molecular formula is C25H39N6OS+. The average Bonchev–Trinajstić information content (AvgIpc) is 3.20. The van der Waals surface area contributed by atoms with Crippen LogP contribution in [0.15, 0.2) is 30.5 Å². The van der Waals surface area contributed by atoms with Gasteiger partial charge in [-0.2, -0.15) is 0 Å². The summed E-state index contributed by atoms with van der Waals surface area (Å²) in [6, 6.07) is 8.20. The van der Waals surface area contributed by atoms with Gasteiger partial charge in [0.05, 0.1) is 13.1 Å². The molecule has 1 saturated heterocycles. The molecule has 0 bridgehead atoms. The molecule has 1 amide bonds. The van der Waals surface area contributed by atoms with Crippen LogP contribution in [-0.2, 0) is 11.2 Å². The van der Waals surface area contributed by atoms with Crippen LogP contribution in [0, 0.1) is 11.3 Å². The largest absolute Gasteiger partial charge is 0.361 e. The van der Waals surface area contributed by atoms with Crippen molar-refractivity contribution < 1.29 is 9.37 Å². The number of aromatic amines is 1. The van der Waals surface area contributed by atoms with Gasteiger partial charge in [-0.1, -0.05) is 39.0 Å². The average molecular weight is 472 g/mol. The Bertz CT molecular complexity index is 972. The predicted molar refractivity (Wildman–Crippen MR) is 139 cm³/mol. The topological polar surface area (TPSA) is 101 Å². The SMILES string of the molecule is CCCN1CC[N+](=C(N)SC(=N)C(=O)NC(CCC(C)C)Cc2c[nH]c3ccccc23)CC1. The van der Waals surface area contributed by atoms with Gasteiger partial charge in [-0.05, 0) is 49.8 Å². The van der Waals surface area contributed by atoms with Gasteiger partial charge < -0.3 is 10.3 Å². The van der Waals surface area contributed by atoms with Crippen molar-refractivity contribution >= 4 is 38.8 Å². The minimum Gasteiger partial charge on any atom is -0.361 e. The maximum Gasteiger partial charge on any atom is 0.310 e. The van der Waals surface area contributed by atoms with Crippen LogP contribution in [0.4, 0.5) is 0 Å². The van der Waals surface area contributed by atoms with Crippen LogP contribution in [0.25, 0.3) is 10.9 Å². The highest BCUT2D eigenvalue weighted by Gasteiger charge is 2.24. The Labute approximate surface area is 201 Å². The van der Waals surface area contributed by atoms with Crippen LogP contribution in [0.3, 0.4) is 0 Å². The van der Waals surface area contributed by atoms with E-state index < -0.39 is 0 Å². The number of H-pyrrole nitrogens is 1. The normalized spacial score (nSPS) is 15.7. The van der Waals surface area contributed by atoms with E-state index in [2.05, 4.69) is 52.7 Å². The molecule has 0 saturated carbocycles. The molecule has 1 fully saturated rings. The highest BCUT2D eigenvalue weighted by atomic mass is 32.2. The number of amidine groups is 1. The molecule has 1 atom stereocenters. The van der Waals surface area contributed by atoms with Gasteiger partial charge in [0, 0.05) is 48.0 Å². The Morgan fingerprint density at radius 2 is 2.00 bits per heavy atom. The van der Waals surface area contributed by atoms with Gasteiger partial charge in [-0.15, -0.1) is 0 Å². The zero-order valence-electron chi connectivity index (χ0n) is 20.2. The Hall–Kier alpha value is -2.32. The number of thioether (sulfide) groups is 1. The molecule has 2 aromatic rings. The molecule has 5 N–H and O–H groups in total. The van der Waals surface area contributed by atoms with Crippen LogP contribution in [0.1, 0.15) is 45.6 Å². The molecular weight excluding hydrogens is 432 g/mol. The number of hydrogen-bond donors (Lipinski definition) is 4. The number of aromatic nitrogens is 1. The smallest absolute Gasteiger partial charge is 0.310 e. The van der Waals surface area contributed by atoms with E-state index in [1.165, 1.54) is 10.9 Å². The third kappa shape index (κ3) is 7.33. The number of rotatable bonds is 8. The summed E-state index contributed by atoms with van der Waals surface area (Å²) in [5.41, 5.74) is 8.56. The number of nitrogens with two attached hydrogens (primary N) is 1. The molecule has 33 heavy (non-hydrogen) atoms. The second kappa shape index (κ2) is 12.2. The number of piperazine rings is 1. The number of hydrogen-bond acceptors (Lipinski definition) is 4. The Morgan fingerprint density at radius 1 is 1.27 bits per heavy atom. The Balaban J connectivity index is 1.61. The lowest BCUT2D eigenvalue weighted by molar-refractivity contribution is -0.538. The van der Waals surface area contributed by atoms with Gasteiger partial charge in [0.1, 0.15) is 0 Å². The van der Waals surface area contributed by atoms with Crippen molar-refractivity contribution in [3.05, 3.63) is 36.0 Å². The van der Waals surface area contributed by atoms with E-state index in [1.807, 2.05) is 18.3 Å². The third-order valence-electron chi connectivity index (χ3n) is 6.21. The van der Waals surface area contributed by atoms with Gasteiger partial charge >= 0.3 is 5.17 Å². The fourth-order valence-corrected chi connectivity index (χ4v) is 4.97. The fraction of sp³-hybridized carbons (Fsp3) is 0.560. The number of carbonyl (C=O) groups excluding carboxylic acids is 1. The second-order valence-electron chi connectivity index (χ2n) is 9.30. The van der Waals surface area contributed by atoms with Crippen molar-refractivity contribution in [2.24, 2.45) is 11.7 Å². The number of para-hydroxylation sites is 1. The number of fused-ring (bicyclic) bond motifs is 1. The lowest BCUT2D eigenvalue weighted by Gasteiger charge is -2.27. The molecule has 1 aliphatic rings. The summed E-state index contributed by atoms with van der Waals surface area (Å²) >= 11 is 1.07. The standard InChI is InChI=1S/C25H38N6OS/c1-4-11-30-12-14-31(15-13-30)25(27)33-23(26)24(32)29-20(10-9-18(2)3)16-19-17-28-22-8-6-5-7-21(19)22/h5-8,17-18,20,26-28H,4,9-16H2,1-3H3,(H,29,32)/p+1. The Morgan fingerprint density at radius 3 is 2.70 bits per heavy atom. The minimum atomic E-state index is -0.346. The quantitative estimate of drug-likeness (QED) is 0.269. The lowest BCUT2D eigenvalue weighted by Crippen LogP contribution is -2.46. The Kier molecular flexibility index (Phi) is 9.38. The van der Waals surface area contributed by atoms with Gasteiger partial charge in [-0.25, -0.2) is 0 Å². The van der Waals surface area contributed by atoms with E-state index in [0.717, 1.165) is 75.7 Å². The monoisotopic (exact) mass is 471 g/mol. The molecule has 0 aliphatic carbocycles.